The topological polar surface area (TPSA) is 106 Å². The molecule has 0 aliphatic rings. The fourth-order valence-electron chi connectivity index (χ4n) is 1.56. The number of benzene rings is 1. The highest BCUT2D eigenvalue weighted by Crippen LogP contribution is 2.25. The molecule has 1 atom stereocenters. The Kier molecular flexibility index (Phi) is 5.78. The minimum atomic E-state index is -1.27. The summed E-state index contributed by atoms with van der Waals surface area (Å²) in [6.07, 6.45) is 0.821. The molecule has 0 heterocycles. The average molecular weight is 284 g/mol. The van der Waals surface area contributed by atoms with Crippen LogP contribution in [0, 0.1) is 10.1 Å². The Bertz CT molecular complexity index is 477. The molecule has 0 saturated carbocycles. The van der Waals surface area contributed by atoms with Crippen LogP contribution in [0.2, 0.25) is 0 Å². The van der Waals surface area contributed by atoms with Crippen molar-refractivity contribution < 1.29 is 14.8 Å². The van der Waals surface area contributed by atoms with E-state index in [0.29, 0.717) is 11.3 Å². The van der Waals surface area contributed by atoms with Crippen molar-refractivity contribution in [2.45, 2.75) is 25.1 Å². The molecule has 0 saturated heterocycles. The number of nitro benzene ring substituents is 1. The molecule has 1 aromatic carbocycles. The zero-order chi connectivity index (χ0) is 14.4. The first kappa shape index (κ1) is 15.5. The van der Waals surface area contributed by atoms with E-state index in [1.165, 1.54) is 23.9 Å². The van der Waals surface area contributed by atoms with Crippen LogP contribution in [0.3, 0.4) is 0 Å². The highest BCUT2D eigenvalue weighted by Gasteiger charge is 2.22. The molecule has 0 radical (unpaired) electrons. The second-order valence-electron chi connectivity index (χ2n) is 4.19. The van der Waals surface area contributed by atoms with Gasteiger partial charge in [-0.1, -0.05) is 12.1 Å². The number of thioether (sulfide) groups is 1. The number of nitrogens with zero attached hydrogens (tertiary/aromatic N) is 1. The molecule has 19 heavy (non-hydrogen) atoms. The maximum absolute atomic E-state index is 11.2. The lowest BCUT2D eigenvalue weighted by molar-refractivity contribution is -0.385. The average Bonchev–Trinajstić information content (AvgIpc) is 2.33. The van der Waals surface area contributed by atoms with Crippen molar-refractivity contribution in [1.29, 1.82) is 0 Å². The zero-order valence-corrected chi connectivity index (χ0v) is 11.4. The van der Waals surface area contributed by atoms with E-state index < -0.39 is 10.9 Å². The molecule has 1 unspecified atom stereocenters. The van der Waals surface area contributed by atoms with Crippen LogP contribution in [0.1, 0.15) is 29.3 Å². The summed E-state index contributed by atoms with van der Waals surface area (Å²) in [7, 11) is 0. The van der Waals surface area contributed by atoms with E-state index in [-0.39, 0.29) is 17.3 Å². The van der Waals surface area contributed by atoms with E-state index >= 15 is 0 Å². The number of rotatable bonds is 7. The predicted molar refractivity (Wildman–Crippen MR) is 74.5 cm³/mol. The van der Waals surface area contributed by atoms with Gasteiger partial charge in [-0.15, -0.1) is 0 Å². The first-order valence-electron chi connectivity index (χ1n) is 5.76. The fraction of sp³-hybridized carbons (Fsp3) is 0.417. The third kappa shape index (κ3) is 4.53. The third-order valence-electron chi connectivity index (χ3n) is 2.51. The summed E-state index contributed by atoms with van der Waals surface area (Å²) >= 11 is 1.52. The van der Waals surface area contributed by atoms with Crippen molar-refractivity contribution in [2.24, 2.45) is 5.73 Å². The van der Waals surface area contributed by atoms with Crippen LogP contribution in [0.15, 0.2) is 18.2 Å². The third-order valence-corrected chi connectivity index (χ3v) is 3.55. The molecule has 7 heteroatoms. The van der Waals surface area contributed by atoms with Gasteiger partial charge < -0.3 is 10.8 Å². The van der Waals surface area contributed by atoms with Gasteiger partial charge in [-0.05, 0) is 24.7 Å². The molecule has 1 rings (SSSR count). The molecule has 0 aliphatic carbocycles. The van der Waals surface area contributed by atoms with Gasteiger partial charge in [-0.2, -0.15) is 11.8 Å². The van der Waals surface area contributed by atoms with Crippen molar-refractivity contribution in [3.05, 3.63) is 39.4 Å². The van der Waals surface area contributed by atoms with E-state index in [2.05, 4.69) is 0 Å². The summed E-state index contributed by atoms with van der Waals surface area (Å²) in [5, 5.41) is 19.9. The van der Waals surface area contributed by atoms with E-state index in [1.807, 2.05) is 6.92 Å². The molecule has 0 spiro atoms. The maximum atomic E-state index is 11.2. The van der Waals surface area contributed by atoms with Crippen LogP contribution in [-0.2, 0) is 5.75 Å². The standard InChI is InChI=1S/C12H16N2O4S/c1-8(13)5-6-19-7-9-3-2-4-10(14(17)18)11(9)12(15)16/h2-4,8H,5-7,13H2,1H3,(H,15,16). The quantitative estimate of drug-likeness (QED) is 0.452. The number of nitrogens with two attached hydrogens (primary N) is 1. The van der Waals surface area contributed by atoms with Gasteiger partial charge in [0, 0.05) is 17.9 Å². The van der Waals surface area contributed by atoms with Crippen LogP contribution in [-0.4, -0.2) is 27.8 Å². The molecule has 104 valence electrons. The Hall–Kier alpha value is -1.60. The van der Waals surface area contributed by atoms with Crippen molar-refractivity contribution in [3.8, 4) is 0 Å². The Morgan fingerprint density at radius 2 is 2.26 bits per heavy atom. The van der Waals surface area contributed by atoms with Crippen molar-refractivity contribution in [2.75, 3.05) is 5.75 Å². The summed E-state index contributed by atoms with van der Waals surface area (Å²) in [6.45, 7) is 1.90. The molecular weight excluding hydrogens is 268 g/mol. The summed E-state index contributed by atoms with van der Waals surface area (Å²) in [5.74, 6) is -0.0507. The summed E-state index contributed by atoms with van der Waals surface area (Å²) in [5.41, 5.74) is 5.50. The number of carboxylic acids is 1. The van der Waals surface area contributed by atoms with E-state index in [1.54, 1.807) is 6.07 Å². The number of carboxylic acid groups (broad SMARTS) is 1. The highest BCUT2D eigenvalue weighted by atomic mass is 32.2. The first-order valence-corrected chi connectivity index (χ1v) is 6.92. The lowest BCUT2D eigenvalue weighted by Gasteiger charge is -2.07. The minimum absolute atomic E-state index is 0.0940. The van der Waals surface area contributed by atoms with Gasteiger partial charge in [0.1, 0.15) is 5.56 Å². The normalized spacial score (nSPS) is 12.1. The smallest absolute Gasteiger partial charge is 0.343 e. The number of nitro groups is 1. The van der Waals surface area contributed by atoms with Gasteiger partial charge >= 0.3 is 5.97 Å². The predicted octanol–water partition coefficient (Wildman–Crippen LogP) is 2.26. The van der Waals surface area contributed by atoms with Gasteiger partial charge in [0.2, 0.25) is 0 Å². The lowest BCUT2D eigenvalue weighted by atomic mass is 10.1. The van der Waals surface area contributed by atoms with Gasteiger partial charge in [0.25, 0.3) is 5.69 Å². The van der Waals surface area contributed by atoms with Gasteiger partial charge in [-0.3, -0.25) is 10.1 Å². The maximum Gasteiger partial charge on any atom is 0.343 e. The van der Waals surface area contributed by atoms with Crippen LogP contribution in [0.5, 0.6) is 0 Å². The molecule has 3 N–H and O–H groups in total. The van der Waals surface area contributed by atoms with Crippen LogP contribution >= 0.6 is 11.8 Å². The first-order chi connectivity index (χ1) is 8.93. The van der Waals surface area contributed by atoms with Gasteiger partial charge in [0.05, 0.1) is 4.92 Å². The Balaban J connectivity index is 2.85. The molecule has 0 amide bonds. The summed E-state index contributed by atoms with van der Waals surface area (Å²) in [4.78, 5) is 21.3. The number of hydrogen-bond acceptors (Lipinski definition) is 5. The van der Waals surface area contributed by atoms with Crippen molar-refractivity contribution in [1.82, 2.24) is 0 Å². The van der Waals surface area contributed by atoms with E-state index in [0.717, 1.165) is 12.2 Å². The Morgan fingerprint density at radius 3 is 2.79 bits per heavy atom. The number of carbonyl (C=O) groups is 1. The lowest BCUT2D eigenvalue weighted by Crippen LogP contribution is -2.15. The zero-order valence-electron chi connectivity index (χ0n) is 10.5. The molecular formula is C12H16N2O4S. The van der Waals surface area contributed by atoms with Crippen molar-refractivity contribution >= 4 is 23.4 Å². The van der Waals surface area contributed by atoms with Crippen LogP contribution in [0.25, 0.3) is 0 Å². The summed E-state index contributed by atoms with van der Waals surface area (Å²) < 4.78 is 0. The molecule has 0 bridgehead atoms. The molecule has 1 aromatic rings. The van der Waals surface area contributed by atoms with Crippen LogP contribution < -0.4 is 5.73 Å². The fourth-order valence-corrected chi connectivity index (χ4v) is 2.70. The molecule has 0 aliphatic heterocycles. The van der Waals surface area contributed by atoms with E-state index in [9.17, 15) is 14.9 Å². The van der Waals surface area contributed by atoms with Crippen molar-refractivity contribution in [3.63, 3.8) is 0 Å². The number of hydrogen-bond donors (Lipinski definition) is 2. The molecule has 0 aromatic heterocycles. The number of aromatic carboxylic acids is 1. The SMILES string of the molecule is CC(N)CCSCc1cccc([N+](=O)[O-])c1C(=O)O. The monoisotopic (exact) mass is 284 g/mol. The van der Waals surface area contributed by atoms with Crippen LogP contribution in [0.4, 0.5) is 5.69 Å². The highest BCUT2D eigenvalue weighted by molar-refractivity contribution is 7.98. The second-order valence-corrected chi connectivity index (χ2v) is 5.30. The second kappa shape index (κ2) is 7.10. The van der Waals surface area contributed by atoms with E-state index in [4.69, 9.17) is 10.8 Å². The Morgan fingerprint density at radius 1 is 1.58 bits per heavy atom. The molecule has 0 fully saturated rings. The minimum Gasteiger partial charge on any atom is -0.477 e. The largest absolute Gasteiger partial charge is 0.477 e. The Labute approximate surface area is 115 Å². The van der Waals surface area contributed by atoms with Gasteiger partial charge in [-0.25, -0.2) is 4.79 Å². The molecule has 6 nitrogen and oxygen atoms in total. The summed E-state index contributed by atoms with van der Waals surface area (Å²) in [6, 6.07) is 4.41. The van der Waals surface area contributed by atoms with Gasteiger partial charge in [0.15, 0.2) is 0 Å².